The number of benzene rings is 2. The fourth-order valence-electron chi connectivity index (χ4n) is 1.96. The van der Waals surface area contributed by atoms with Gasteiger partial charge in [-0.25, -0.2) is 18.7 Å². The molecule has 1 atom stereocenters. The van der Waals surface area contributed by atoms with Gasteiger partial charge < -0.3 is 10.4 Å². The van der Waals surface area contributed by atoms with Crippen LogP contribution in [0.5, 0.6) is 0 Å². The molecule has 0 bridgehead atoms. The van der Waals surface area contributed by atoms with Crippen molar-refractivity contribution in [3.05, 3.63) is 55.9 Å². The summed E-state index contributed by atoms with van der Waals surface area (Å²) in [7, 11) is 0. The molecule has 3 N–H and O–H groups in total. The Morgan fingerprint density at radius 3 is 2.45 bits per heavy atom. The molecule has 2 aromatic rings. The lowest BCUT2D eigenvalue weighted by atomic mass is 10.1. The Hall–Kier alpha value is -1.77. The summed E-state index contributed by atoms with van der Waals surface area (Å²) in [4.78, 5) is 16.4. The second-order valence-electron chi connectivity index (χ2n) is 5.46. The van der Waals surface area contributed by atoms with E-state index < -0.39 is 58.5 Å². The van der Waals surface area contributed by atoms with Gasteiger partial charge in [-0.15, -0.1) is 0 Å². The van der Waals surface area contributed by atoms with Crippen LogP contribution in [0.4, 0.5) is 37.7 Å². The number of hydrogen-bond acceptors (Lipinski definition) is 4. The molecule has 0 aromatic heterocycles. The first kappa shape index (κ1) is 23.5. The Morgan fingerprint density at radius 2 is 1.86 bits per heavy atom. The van der Waals surface area contributed by atoms with E-state index in [4.69, 9.17) is 16.7 Å². The SMILES string of the molecule is O=C(NOCC(O)C(F)(F)F)c1cc(Cl)c(F)c(F)c1Nc1ccc(I)cc1F. The summed E-state index contributed by atoms with van der Waals surface area (Å²) in [5.74, 6) is -5.34. The molecule has 1 amide bonds. The minimum absolute atomic E-state index is 0.312. The highest BCUT2D eigenvalue weighted by Crippen LogP contribution is 2.32. The van der Waals surface area contributed by atoms with Crippen LogP contribution in [0.2, 0.25) is 5.02 Å². The number of aliphatic hydroxyl groups excluding tert-OH is 1. The molecule has 0 aliphatic carbocycles. The maximum Gasteiger partial charge on any atom is 0.416 e. The van der Waals surface area contributed by atoms with E-state index in [1.54, 1.807) is 5.48 Å². The van der Waals surface area contributed by atoms with E-state index in [9.17, 15) is 31.1 Å². The Labute approximate surface area is 178 Å². The molecule has 0 fully saturated rings. The van der Waals surface area contributed by atoms with Gasteiger partial charge in [0.25, 0.3) is 5.91 Å². The molecule has 13 heteroatoms. The average Bonchev–Trinajstić information content (AvgIpc) is 2.62. The number of rotatable bonds is 6. The molecule has 29 heavy (non-hydrogen) atoms. The van der Waals surface area contributed by atoms with Gasteiger partial charge in [0.1, 0.15) is 12.4 Å². The van der Waals surface area contributed by atoms with Crippen molar-refractivity contribution >= 4 is 51.5 Å². The maximum atomic E-state index is 14.3. The highest BCUT2D eigenvalue weighted by molar-refractivity contribution is 14.1. The number of carbonyl (C=O) groups is 1. The molecule has 0 saturated heterocycles. The van der Waals surface area contributed by atoms with Crippen LogP contribution in [0.25, 0.3) is 0 Å². The molecule has 0 spiro atoms. The van der Waals surface area contributed by atoms with Gasteiger partial charge in [-0.2, -0.15) is 13.2 Å². The predicted octanol–water partition coefficient (Wildman–Crippen LogP) is 4.69. The Kier molecular flexibility index (Phi) is 7.59. The number of anilines is 2. The largest absolute Gasteiger partial charge is 0.416 e. The first-order chi connectivity index (χ1) is 13.4. The van der Waals surface area contributed by atoms with Crippen LogP contribution in [0.1, 0.15) is 10.4 Å². The molecule has 0 heterocycles. The number of aliphatic hydroxyl groups is 1. The number of hydroxylamine groups is 1. The summed E-state index contributed by atoms with van der Waals surface area (Å²) < 4.78 is 79.3. The molecule has 0 aliphatic heterocycles. The average molecular weight is 555 g/mol. The van der Waals surface area contributed by atoms with Crippen molar-refractivity contribution in [1.29, 1.82) is 0 Å². The van der Waals surface area contributed by atoms with Gasteiger partial charge in [0.2, 0.25) is 0 Å². The van der Waals surface area contributed by atoms with Gasteiger partial charge in [-0.1, -0.05) is 11.6 Å². The van der Waals surface area contributed by atoms with Gasteiger partial charge in [-0.3, -0.25) is 9.63 Å². The third-order valence-corrected chi connectivity index (χ3v) is 4.33. The Bertz CT molecular complexity index is 929. The molecule has 0 aliphatic rings. The minimum atomic E-state index is -4.99. The van der Waals surface area contributed by atoms with Crippen LogP contribution >= 0.6 is 34.2 Å². The van der Waals surface area contributed by atoms with E-state index in [0.717, 1.165) is 6.07 Å². The van der Waals surface area contributed by atoms with E-state index in [1.807, 2.05) is 22.6 Å². The molecule has 158 valence electrons. The summed E-state index contributed by atoms with van der Waals surface area (Å²) in [6, 6.07) is 4.39. The molecule has 0 radical (unpaired) electrons. The van der Waals surface area contributed by atoms with Crippen molar-refractivity contribution in [3.63, 3.8) is 0 Å². The van der Waals surface area contributed by atoms with Crippen LogP contribution in [0.15, 0.2) is 24.3 Å². The Balaban J connectivity index is 2.30. The quantitative estimate of drug-likeness (QED) is 0.210. The van der Waals surface area contributed by atoms with Crippen molar-refractivity contribution in [2.75, 3.05) is 11.9 Å². The van der Waals surface area contributed by atoms with Crippen molar-refractivity contribution in [2.24, 2.45) is 0 Å². The van der Waals surface area contributed by atoms with Crippen LogP contribution in [0, 0.1) is 21.0 Å². The van der Waals surface area contributed by atoms with Crippen molar-refractivity contribution < 1.29 is 41.1 Å². The van der Waals surface area contributed by atoms with E-state index >= 15 is 0 Å². The summed E-state index contributed by atoms with van der Waals surface area (Å²) in [5, 5.41) is 10.2. The van der Waals surface area contributed by atoms with Crippen LogP contribution in [-0.4, -0.2) is 29.9 Å². The smallest absolute Gasteiger partial charge is 0.381 e. The van der Waals surface area contributed by atoms with Gasteiger partial charge in [0, 0.05) is 3.57 Å². The zero-order valence-corrected chi connectivity index (χ0v) is 16.8. The second-order valence-corrected chi connectivity index (χ2v) is 7.11. The molecular weight excluding hydrogens is 545 g/mol. The van der Waals surface area contributed by atoms with Gasteiger partial charge in [0.15, 0.2) is 17.7 Å². The molecule has 5 nitrogen and oxygen atoms in total. The van der Waals surface area contributed by atoms with E-state index in [2.05, 4.69) is 10.2 Å². The number of hydrogen-bond donors (Lipinski definition) is 3. The lowest BCUT2D eigenvalue weighted by Crippen LogP contribution is -2.36. The number of amides is 1. The van der Waals surface area contributed by atoms with E-state index in [-0.39, 0.29) is 5.69 Å². The summed E-state index contributed by atoms with van der Waals surface area (Å²) in [6.45, 7) is -1.36. The maximum absolute atomic E-state index is 14.3. The normalized spacial score (nSPS) is 12.6. The molecule has 2 aromatic carbocycles. The lowest BCUT2D eigenvalue weighted by Gasteiger charge is -2.17. The zero-order chi connectivity index (χ0) is 21.9. The molecule has 2 rings (SSSR count). The molecule has 0 saturated carbocycles. The van der Waals surface area contributed by atoms with Crippen LogP contribution in [0.3, 0.4) is 0 Å². The number of nitrogens with one attached hydrogen (secondary N) is 2. The number of carbonyl (C=O) groups excluding carboxylic acids is 1. The third-order valence-electron chi connectivity index (χ3n) is 3.38. The molecule has 1 unspecified atom stereocenters. The highest BCUT2D eigenvalue weighted by atomic mass is 127. The standard InChI is InChI=1S/C16H10ClF6IN2O3/c17-8-4-7(15(28)26-29-5-11(27)16(21,22)23)14(13(20)12(8)19)25-10-2-1-6(24)3-9(10)18/h1-4,11,25,27H,5H2,(H,26,28). The third kappa shape index (κ3) is 5.87. The predicted molar refractivity (Wildman–Crippen MR) is 99.2 cm³/mol. The minimum Gasteiger partial charge on any atom is -0.381 e. The topological polar surface area (TPSA) is 70.6 Å². The van der Waals surface area contributed by atoms with Crippen LogP contribution in [-0.2, 0) is 4.84 Å². The Morgan fingerprint density at radius 1 is 1.21 bits per heavy atom. The van der Waals surface area contributed by atoms with Gasteiger partial charge in [0.05, 0.1) is 22.0 Å². The summed E-state index contributed by atoms with van der Waals surface area (Å²) in [6.07, 6.45) is -7.89. The van der Waals surface area contributed by atoms with Crippen molar-refractivity contribution in [1.82, 2.24) is 5.48 Å². The van der Waals surface area contributed by atoms with Gasteiger partial charge >= 0.3 is 6.18 Å². The van der Waals surface area contributed by atoms with E-state index in [1.165, 1.54) is 12.1 Å². The fraction of sp³-hybridized carbons (Fsp3) is 0.188. The second kappa shape index (κ2) is 9.36. The van der Waals surface area contributed by atoms with E-state index in [0.29, 0.717) is 9.64 Å². The first-order valence-electron chi connectivity index (χ1n) is 7.48. The van der Waals surface area contributed by atoms with Crippen molar-refractivity contribution in [3.8, 4) is 0 Å². The summed E-state index contributed by atoms with van der Waals surface area (Å²) >= 11 is 7.32. The zero-order valence-electron chi connectivity index (χ0n) is 13.9. The number of halogens is 8. The molecular formula is C16H10ClF6IN2O3. The highest BCUT2D eigenvalue weighted by Gasteiger charge is 2.38. The first-order valence-corrected chi connectivity index (χ1v) is 8.94. The monoisotopic (exact) mass is 554 g/mol. The van der Waals surface area contributed by atoms with Crippen LogP contribution < -0.4 is 10.8 Å². The fourth-order valence-corrected chi connectivity index (χ4v) is 2.60. The number of alkyl halides is 3. The van der Waals surface area contributed by atoms with Gasteiger partial charge in [-0.05, 0) is 46.9 Å². The van der Waals surface area contributed by atoms with Crippen molar-refractivity contribution in [2.45, 2.75) is 12.3 Å². The lowest BCUT2D eigenvalue weighted by molar-refractivity contribution is -0.221. The summed E-state index contributed by atoms with van der Waals surface area (Å²) in [5.41, 5.74) is -0.283.